The van der Waals surface area contributed by atoms with Crippen molar-refractivity contribution in [1.82, 2.24) is 9.80 Å². The number of para-hydroxylation sites is 2. The van der Waals surface area contributed by atoms with Crippen molar-refractivity contribution in [3.05, 3.63) is 48.5 Å². The third-order valence-electron chi connectivity index (χ3n) is 6.08. The molecule has 2 fully saturated rings. The Labute approximate surface area is 184 Å². The van der Waals surface area contributed by atoms with Crippen LogP contribution in [0, 0.1) is 0 Å². The minimum absolute atomic E-state index is 0.216. The zero-order chi connectivity index (χ0) is 21.6. The Balaban J connectivity index is 1.24. The van der Waals surface area contributed by atoms with Crippen molar-refractivity contribution >= 4 is 17.3 Å². The number of carbonyl (C=O) groups excluding carboxylic acids is 1. The molecular weight excluding hydrogens is 392 g/mol. The van der Waals surface area contributed by atoms with Crippen LogP contribution in [0.1, 0.15) is 6.92 Å². The third-order valence-corrected chi connectivity index (χ3v) is 6.08. The van der Waals surface area contributed by atoms with Gasteiger partial charge in [-0.25, -0.2) is 0 Å². The van der Waals surface area contributed by atoms with E-state index in [1.54, 1.807) is 12.1 Å². The molecule has 0 atom stereocenters. The van der Waals surface area contributed by atoms with Crippen molar-refractivity contribution in [2.75, 3.05) is 75.3 Å². The number of carbonyl (C=O) groups is 1. The summed E-state index contributed by atoms with van der Waals surface area (Å²) < 4.78 is 5.77. The minimum Gasteiger partial charge on any atom is -0.508 e. The van der Waals surface area contributed by atoms with Crippen LogP contribution in [0.3, 0.4) is 0 Å². The number of piperazine rings is 2. The number of nitrogens with zero attached hydrogens (tertiary/aromatic N) is 4. The molecule has 0 aromatic heterocycles. The third kappa shape index (κ3) is 5.22. The van der Waals surface area contributed by atoms with Gasteiger partial charge < -0.3 is 24.5 Å². The highest BCUT2D eigenvalue weighted by atomic mass is 16.5. The highest BCUT2D eigenvalue weighted by Gasteiger charge is 2.25. The molecule has 1 N–H and O–H groups in total. The number of phenolic OH excluding ortho intramolecular Hbond substituents is 1. The van der Waals surface area contributed by atoms with E-state index >= 15 is 0 Å². The van der Waals surface area contributed by atoms with E-state index in [1.807, 2.05) is 42.2 Å². The van der Waals surface area contributed by atoms with E-state index in [1.165, 1.54) is 0 Å². The Bertz CT molecular complexity index is 857. The second kappa shape index (κ2) is 9.92. The SMILES string of the molecule is CCOc1ccccc1N1CCN(CC(=O)N2CCN(c3ccc(O)cc3)CC2)CC1. The van der Waals surface area contributed by atoms with E-state index in [4.69, 9.17) is 4.74 Å². The van der Waals surface area contributed by atoms with Gasteiger partial charge in [0.15, 0.2) is 0 Å². The van der Waals surface area contributed by atoms with E-state index in [-0.39, 0.29) is 11.7 Å². The molecule has 2 aliphatic heterocycles. The van der Waals surface area contributed by atoms with Crippen LogP contribution in [-0.4, -0.2) is 86.3 Å². The maximum Gasteiger partial charge on any atom is 0.236 e. The number of aromatic hydroxyl groups is 1. The summed E-state index contributed by atoms with van der Waals surface area (Å²) in [7, 11) is 0. The molecule has 2 aliphatic rings. The lowest BCUT2D eigenvalue weighted by Gasteiger charge is -2.39. The number of hydrogen-bond donors (Lipinski definition) is 1. The van der Waals surface area contributed by atoms with Crippen LogP contribution >= 0.6 is 0 Å². The molecule has 0 saturated carbocycles. The summed E-state index contributed by atoms with van der Waals surface area (Å²) in [5, 5.41) is 9.46. The summed E-state index contributed by atoms with van der Waals surface area (Å²) in [4.78, 5) is 21.7. The smallest absolute Gasteiger partial charge is 0.236 e. The fourth-order valence-corrected chi connectivity index (χ4v) is 4.31. The van der Waals surface area contributed by atoms with Gasteiger partial charge in [0.05, 0.1) is 18.8 Å². The second-order valence-corrected chi connectivity index (χ2v) is 8.05. The lowest BCUT2D eigenvalue weighted by atomic mass is 10.2. The molecular formula is C24H32N4O3. The number of rotatable bonds is 6. The first-order valence-corrected chi connectivity index (χ1v) is 11.1. The van der Waals surface area contributed by atoms with Gasteiger partial charge in [0.1, 0.15) is 11.5 Å². The number of benzene rings is 2. The largest absolute Gasteiger partial charge is 0.508 e. The first-order valence-electron chi connectivity index (χ1n) is 11.1. The number of anilines is 2. The minimum atomic E-state index is 0.216. The highest BCUT2D eigenvalue weighted by Crippen LogP contribution is 2.28. The van der Waals surface area contributed by atoms with E-state index in [9.17, 15) is 9.90 Å². The van der Waals surface area contributed by atoms with Crippen molar-refractivity contribution in [3.63, 3.8) is 0 Å². The van der Waals surface area contributed by atoms with Crippen LogP contribution in [0.2, 0.25) is 0 Å². The zero-order valence-corrected chi connectivity index (χ0v) is 18.2. The molecule has 2 aromatic rings. The summed E-state index contributed by atoms with van der Waals surface area (Å²) in [5.74, 6) is 1.42. The Morgan fingerprint density at radius 3 is 2.19 bits per heavy atom. The zero-order valence-electron chi connectivity index (χ0n) is 18.2. The van der Waals surface area contributed by atoms with Gasteiger partial charge in [-0.3, -0.25) is 9.69 Å². The van der Waals surface area contributed by atoms with Crippen LogP contribution in [0.5, 0.6) is 11.5 Å². The van der Waals surface area contributed by atoms with E-state index in [0.29, 0.717) is 13.2 Å². The summed E-state index contributed by atoms with van der Waals surface area (Å²) in [5.41, 5.74) is 2.23. The van der Waals surface area contributed by atoms with E-state index in [0.717, 1.165) is 69.5 Å². The lowest BCUT2D eigenvalue weighted by Crippen LogP contribution is -2.54. The van der Waals surface area contributed by atoms with Crippen molar-refractivity contribution < 1.29 is 14.6 Å². The van der Waals surface area contributed by atoms with E-state index in [2.05, 4.69) is 20.8 Å². The Hall–Kier alpha value is -2.93. The predicted octanol–water partition coefficient (Wildman–Crippen LogP) is 2.26. The fourth-order valence-electron chi connectivity index (χ4n) is 4.31. The summed E-state index contributed by atoms with van der Waals surface area (Å²) in [6.07, 6.45) is 0. The molecule has 0 radical (unpaired) electrons. The molecule has 0 spiro atoms. The van der Waals surface area contributed by atoms with Crippen molar-refractivity contribution in [2.45, 2.75) is 6.92 Å². The number of amides is 1. The molecule has 2 aromatic carbocycles. The van der Waals surface area contributed by atoms with Gasteiger partial charge in [0.25, 0.3) is 0 Å². The molecule has 2 heterocycles. The molecule has 7 heteroatoms. The highest BCUT2D eigenvalue weighted by molar-refractivity contribution is 5.78. The van der Waals surface area contributed by atoms with E-state index < -0.39 is 0 Å². The molecule has 166 valence electrons. The van der Waals surface area contributed by atoms with Gasteiger partial charge in [0, 0.05) is 58.0 Å². The molecule has 0 bridgehead atoms. The number of hydrogen-bond acceptors (Lipinski definition) is 6. The lowest BCUT2D eigenvalue weighted by molar-refractivity contribution is -0.132. The molecule has 0 aliphatic carbocycles. The quantitative estimate of drug-likeness (QED) is 0.768. The first-order chi connectivity index (χ1) is 15.1. The van der Waals surface area contributed by atoms with Crippen LogP contribution < -0.4 is 14.5 Å². The van der Waals surface area contributed by atoms with Crippen molar-refractivity contribution in [2.24, 2.45) is 0 Å². The summed E-state index contributed by atoms with van der Waals surface area (Å²) in [6.45, 7) is 9.80. The number of ether oxygens (including phenoxy) is 1. The van der Waals surface area contributed by atoms with Gasteiger partial charge >= 0.3 is 0 Å². The van der Waals surface area contributed by atoms with Crippen LogP contribution in [0.4, 0.5) is 11.4 Å². The number of phenols is 1. The van der Waals surface area contributed by atoms with Crippen LogP contribution in [-0.2, 0) is 4.79 Å². The van der Waals surface area contributed by atoms with Crippen molar-refractivity contribution in [3.8, 4) is 11.5 Å². The molecule has 1 amide bonds. The molecule has 7 nitrogen and oxygen atoms in total. The molecule has 0 unspecified atom stereocenters. The molecule has 4 rings (SSSR count). The normalized spacial score (nSPS) is 17.6. The van der Waals surface area contributed by atoms with Crippen LogP contribution in [0.25, 0.3) is 0 Å². The monoisotopic (exact) mass is 424 g/mol. The Morgan fingerprint density at radius 1 is 0.871 bits per heavy atom. The fraction of sp³-hybridized carbons (Fsp3) is 0.458. The van der Waals surface area contributed by atoms with Gasteiger partial charge in [-0.05, 0) is 43.3 Å². The average Bonchev–Trinajstić information content (AvgIpc) is 2.81. The van der Waals surface area contributed by atoms with Gasteiger partial charge in [-0.15, -0.1) is 0 Å². The molecule has 2 saturated heterocycles. The van der Waals surface area contributed by atoms with Gasteiger partial charge in [-0.2, -0.15) is 0 Å². The summed E-state index contributed by atoms with van der Waals surface area (Å²) in [6, 6.07) is 15.5. The first kappa shape index (κ1) is 21.3. The van der Waals surface area contributed by atoms with Crippen LogP contribution in [0.15, 0.2) is 48.5 Å². The maximum absolute atomic E-state index is 12.8. The maximum atomic E-state index is 12.8. The summed E-state index contributed by atoms with van der Waals surface area (Å²) >= 11 is 0. The predicted molar refractivity (Wildman–Crippen MR) is 123 cm³/mol. The van der Waals surface area contributed by atoms with Gasteiger partial charge in [0.2, 0.25) is 5.91 Å². The van der Waals surface area contributed by atoms with Gasteiger partial charge in [-0.1, -0.05) is 12.1 Å². The average molecular weight is 425 g/mol. The standard InChI is InChI=1S/C24H32N4O3/c1-2-31-23-6-4-3-5-22(23)27-13-11-25(12-14-27)19-24(30)28-17-15-26(16-18-28)20-7-9-21(29)10-8-20/h3-10,29H,2,11-19H2,1H3. The Morgan fingerprint density at radius 2 is 1.52 bits per heavy atom. The molecule has 31 heavy (non-hydrogen) atoms. The second-order valence-electron chi connectivity index (χ2n) is 8.05. The van der Waals surface area contributed by atoms with Crippen molar-refractivity contribution in [1.29, 1.82) is 0 Å². The Kier molecular flexibility index (Phi) is 6.82. The topological polar surface area (TPSA) is 59.5 Å².